The van der Waals surface area contributed by atoms with Gasteiger partial charge < -0.3 is 14.6 Å². The summed E-state index contributed by atoms with van der Waals surface area (Å²) in [4.78, 5) is 22.9. The number of benzene rings is 1. The number of hydrogen-bond acceptors (Lipinski definition) is 5. The Morgan fingerprint density at radius 3 is 2.35 bits per heavy atom. The summed E-state index contributed by atoms with van der Waals surface area (Å²) in [6.07, 6.45) is -0.000883. The van der Waals surface area contributed by atoms with E-state index in [0.717, 1.165) is 0 Å². The summed E-state index contributed by atoms with van der Waals surface area (Å²) in [5, 5.41) is 9.16. The minimum absolute atomic E-state index is 0.000883. The first-order chi connectivity index (χ1) is 9.63. The highest BCUT2D eigenvalue weighted by atomic mass is 16.5. The lowest BCUT2D eigenvalue weighted by molar-refractivity contribution is -0.158. The van der Waals surface area contributed by atoms with E-state index >= 15 is 0 Å². The summed E-state index contributed by atoms with van der Waals surface area (Å²) in [7, 11) is 2.40. The average molecular weight is 276 g/mol. The fourth-order valence-electron chi connectivity index (χ4n) is 1.58. The van der Waals surface area contributed by atoms with Gasteiger partial charge in [-0.15, -0.1) is 0 Å². The number of rotatable bonds is 4. The number of carbonyl (C=O) groups excluding carboxylic acids is 2. The van der Waals surface area contributed by atoms with Gasteiger partial charge in [-0.25, -0.2) is 0 Å². The third-order valence-electron chi connectivity index (χ3n) is 2.69. The lowest BCUT2D eigenvalue weighted by atomic mass is 10.0. The van der Waals surface area contributed by atoms with Crippen LogP contribution in [0.25, 0.3) is 0 Å². The first-order valence-electron chi connectivity index (χ1n) is 5.97. The van der Waals surface area contributed by atoms with E-state index < -0.39 is 17.9 Å². The predicted molar refractivity (Wildman–Crippen MR) is 71.4 cm³/mol. The number of methoxy groups -OCH3 is 2. The van der Waals surface area contributed by atoms with Crippen LogP contribution in [-0.2, 0) is 25.7 Å². The van der Waals surface area contributed by atoms with Gasteiger partial charge in [0.2, 0.25) is 0 Å². The molecule has 0 aromatic heterocycles. The maximum Gasteiger partial charge on any atom is 0.321 e. The molecule has 106 valence electrons. The first kappa shape index (κ1) is 15.7. The summed E-state index contributed by atoms with van der Waals surface area (Å²) in [5.41, 5.74) is 1.34. The van der Waals surface area contributed by atoms with Gasteiger partial charge in [0.05, 0.1) is 20.8 Å². The van der Waals surface area contributed by atoms with Crippen LogP contribution in [0.4, 0.5) is 0 Å². The maximum atomic E-state index is 11.4. The molecular weight excluding hydrogens is 260 g/mol. The Kier molecular flexibility index (Phi) is 6.27. The van der Waals surface area contributed by atoms with E-state index in [0.29, 0.717) is 11.1 Å². The van der Waals surface area contributed by atoms with Crippen molar-refractivity contribution >= 4 is 11.9 Å². The van der Waals surface area contributed by atoms with Crippen molar-refractivity contribution in [1.29, 1.82) is 0 Å². The quantitative estimate of drug-likeness (QED) is 0.502. The minimum atomic E-state index is -1.06. The van der Waals surface area contributed by atoms with Crippen LogP contribution in [-0.4, -0.2) is 31.3 Å². The van der Waals surface area contributed by atoms with E-state index in [4.69, 9.17) is 5.11 Å². The Hall–Kier alpha value is -2.32. The lowest BCUT2D eigenvalue weighted by Gasteiger charge is -2.08. The second-order valence-electron chi connectivity index (χ2n) is 3.92. The fourth-order valence-corrected chi connectivity index (χ4v) is 1.58. The molecule has 5 nitrogen and oxygen atoms in total. The average Bonchev–Trinajstić information content (AvgIpc) is 2.50. The second kappa shape index (κ2) is 7.97. The van der Waals surface area contributed by atoms with E-state index in [9.17, 15) is 9.59 Å². The number of aliphatic hydroxyl groups is 1. The van der Waals surface area contributed by atoms with Crippen LogP contribution in [0.1, 0.15) is 17.5 Å². The van der Waals surface area contributed by atoms with Gasteiger partial charge in [0, 0.05) is 12.0 Å². The highest BCUT2D eigenvalue weighted by Gasteiger charge is 2.27. The Morgan fingerprint density at radius 1 is 1.20 bits per heavy atom. The molecule has 1 aromatic carbocycles. The van der Waals surface area contributed by atoms with Gasteiger partial charge in [-0.2, -0.15) is 0 Å². The zero-order valence-electron chi connectivity index (χ0n) is 11.4. The van der Waals surface area contributed by atoms with Crippen molar-refractivity contribution in [3.63, 3.8) is 0 Å². The molecule has 0 heterocycles. The first-order valence-corrected chi connectivity index (χ1v) is 5.97. The Bertz CT molecular complexity index is 523. The molecule has 0 unspecified atom stereocenters. The van der Waals surface area contributed by atoms with Crippen LogP contribution in [0.2, 0.25) is 0 Å². The van der Waals surface area contributed by atoms with Crippen molar-refractivity contribution in [3.8, 4) is 11.8 Å². The summed E-state index contributed by atoms with van der Waals surface area (Å²) in [5.74, 6) is 3.16. The molecule has 0 spiro atoms. The van der Waals surface area contributed by atoms with Crippen molar-refractivity contribution in [2.75, 3.05) is 14.2 Å². The zero-order valence-corrected chi connectivity index (χ0v) is 11.4. The normalized spacial score (nSPS) is 9.60. The highest BCUT2D eigenvalue weighted by molar-refractivity contribution is 5.95. The summed E-state index contributed by atoms with van der Waals surface area (Å²) in [6, 6.07) is 7.09. The van der Waals surface area contributed by atoms with Gasteiger partial charge in [-0.1, -0.05) is 30.0 Å². The van der Waals surface area contributed by atoms with E-state index in [-0.39, 0.29) is 13.0 Å². The lowest BCUT2D eigenvalue weighted by Crippen LogP contribution is -2.26. The molecule has 0 radical (unpaired) electrons. The molecule has 0 aliphatic carbocycles. The monoisotopic (exact) mass is 276 g/mol. The number of ether oxygens (including phenoxy) is 2. The van der Waals surface area contributed by atoms with Crippen LogP contribution in [0.5, 0.6) is 0 Å². The van der Waals surface area contributed by atoms with Crippen molar-refractivity contribution < 1.29 is 24.2 Å². The summed E-state index contributed by atoms with van der Waals surface area (Å²) < 4.78 is 9.07. The molecule has 0 aliphatic heterocycles. The molecule has 0 bridgehead atoms. The molecule has 0 saturated carbocycles. The summed E-state index contributed by atoms with van der Waals surface area (Å²) >= 11 is 0. The van der Waals surface area contributed by atoms with Gasteiger partial charge in [-0.05, 0) is 11.6 Å². The van der Waals surface area contributed by atoms with E-state index in [1.807, 2.05) is 0 Å². The molecule has 1 rings (SSSR count). The largest absolute Gasteiger partial charge is 0.468 e. The van der Waals surface area contributed by atoms with Crippen LogP contribution in [0, 0.1) is 17.8 Å². The van der Waals surface area contributed by atoms with Crippen LogP contribution in [0.3, 0.4) is 0 Å². The van der Waals surface area contributed by atoms with E-state index in [1.54, 1.807) is 24.3 Å². The number of hydrogen-bond donors (Lipinski definition) is 1. The number of aliphatic hydroxyl groups excluding tert-OH is 1. The topological polar surface area (TPSA) is 72.8 Å². The van der Waals surface area contributed by atoms with E-state index in [2.05, 4.69) is 21.3 Å². The third kappa shape index (κ3) is 4.11. The third-order valence-corrected chi connectivity index (χ3v) is 2.69. The fraction of sp³-hybridized carbons (Fsp3) is 0.333. The van der Waals surface area contributed by atoms with Gasteiger partial charge in [-0.3, -0.25) is 9.59 Å². The second-order valence-corrected chi connectivity index (χ2v) is 3.92. The molecule has 0 saturated heterocycles. The van der Waals surface area contributed by atoms with Crippen molar-refractivity contribution in [3.05, 3.63) is 35.4 Å². The van der Waals surface area contributed by atoms with Gasteiger partial charge >= 0.3 is 11.9 Å². The molecule has 1 aromatic rings. The predicted octanol–water partition coefficient (Wildman–Crippen LogP) is 0.883. The van der Waals surface area contributed by atoms with Crippen LogP contribution >= 0.6 is 0 Å². The SMILES string of the molecule is COC(=O)C(CC#Cc1ccccc1CO)C(=O)OC. The number of esters is 2. The molecule has 0 amide bonds. The van der Waals surface area contributed by atoms with Crippen molar-refractivity contribution in [1.82, 2.24) is 0 Å². The molecule has 20 heavy (non-hydrogen) atoms. The molecule has 0 aliphatic rings. The van der Waals surface area contributed by atoms with E-state index in [1.165, 1.54) is 14.2 Å². The Balaban J connectivity index is 2.85. The van der Waals surface area contributed by atoms with Crippen LogP contribution in [0.15, 0.2) is 24.3 Å². The standard InChI is InChI=1S/C15H16O5/c1-19-14(17)13(15(18)20-2)9-5-8-11-6-3-4-7-12(11)10-16/h3-4,6-7,13,16H,9-10H2,1-2H3. The number of carbonyl (C=O) groups is 2. The smallest absolute Gasteiger partial charge is 0.321 e. The highest BCUT2D eigenvalue weighted by Crippen LogP contribution is 2.09. The maximum absolute atomic E-state index is 11.4. The summed E-state index contributed by atoms with van der Waals surface area (Å²) in [6.45, 7) is -0.123. The van der Waals surface area contributed by atoms with Crippen molar-refractivity contribution in [2.45, 2.75) is 13.0 Å². The minimum Gasteiger partial charge on any atom is -0.468 e. The molecule has 5 heteroatoms. The van der Waals surface area contributed by atoms with Gasteiger partial charge in [0.1, 0.15) is 0 Å². The van der Waals surface area contributed by atoms with Gasteiger partial charge in [0.25, 0.3) is 0 Å². The van der Waals surface area contributed by atoms with Gasteiger partial charge in [0.15, 0.2) is 5.92 Å². The molecular formula is C15H16O5. The van der Waals surface area contributed by atoms with Crippen molar-refractivity contribution in [2.24, 2.45) is 5.92 Å². The molecule has 0 fully saturated rings. The Labute approximate surface area is 117 Å². The van der Waals surface area contributed by atoms with Crippen LogP contribution < -0.4 is 0 Å². The Morgan fingerprint density at radius 2 is 1.80 bits per heavy atom. The zero-order chi connectivity index (χ0) is 15.0. The molecule has 0 atom stereocenters. The molecule has 1 N–H and O–H groups in total.